The zero-order valence-corrected chi connectivity index (χ0v) is 14.5. The maximum Gasteiger partial charge on any atom is 0.258 e. The van der Waals surface area contributed by atoms with Gasteiger partial charge in [0.05, 0.1) is 11.1 Å². The summed E-state index contributed by atoms with van der Waals surface area (Å²) in [5.74, 6) is 1.80. The summed E-state index contributed by atoms with van der Waals surface area (Å²) >= 11 is 0. The Kier molecular flexibility index (Phi) is 4.94. The van der Waals surface area contributed by atoms with Crippen LogP contribution in [0.5, 0.6) is 0 Å². The molecule has 1 aliphatic rings. The molecule has 1 saturated heterocycles. The summed E-state index contributed by atoms with van der Waals surface area (Å²) in [6.45, 7) is 6.54. The standard InChI is InChI=1S/C18H24N4O2/c1-12(2)16-20-17(24-21-16)14-6-4-5-7-15(14)18(23)22-9-8-13(11-22)10-19-3/h4-7,12-13,19H,8-11H2,1-3H3/t13-/m0/s1. The van der Waals surface area contributed by atoms with E-state index in [1.165, 1.54) is 0 Å². The summed E-state index contributed by atoms with van der Waals surface area (Å²) in [6, 6.07) is 7.46. The summed E-state index contributed by atoms with van der Waals surface area (Å²) in [7, 11) is 1.95. The third kappa shape index (κ3) is 3.33. The second kappa shape index (κ2) is 7.13. The molecule has 2 heterocycles. The van der Waals surface area contributed by atoms with Gasteiger partial charge in [-0.15, -0.1) is 0 Å². The Hall–Kier alpha value is -2.21. The number of hydrogen-bond donors (Lipinski definition) is 1. The fourth-order valence-corrected chi connectivity index (χ4v) is 3.08. The Morgan fingerprint density at radius 1 is 1.42 bits per heavy atom. The van der Waals surface area contributed by atoms with Crippen molar-refractivity contribution in [3.63, 3.8) is 0 Å². The van der Waals surface area contributed by atoms with Crippen molar-refractivity contribution in [1.82, 2.24) is 20.4 Å². The van der Waals surface area contributed by atoms with Crippen LogP contribution < -0.4 is 5.32 Å². The van der Waals surface area contributed by atoms with Crippen molar-refractivity contribution >= 4 is 5.91 Å². The smallest absolute Gasteiger partial charge is 0.258 e. The van der Waals surface area contributed by atoms with E-state index >= 15 is 0 Å². The highest BCUT2D eigenvalue weighted by atomic mass is 16.5. The van der Waals surface area contributed by atoms with Gasteiger partial charge in [0.25, 0.3) is 11.8 Å². The van der Waals surface area contributed by atoms with Crippen molar-refractivity contribution in [3.05, 3.63) is 35.7 Å². The van der Waals surface area contributed by atoms with E-state index in [0.29, 0.717) is 28.8 Å². The largest absolute Gasteiger partial charge is 0.338 e. The Bertz CT molecular complexity index is 711. The number of carbonyl (C=O) groups is 1. The number of nitrogens with one attached hydrogen (secondary N) is 1. The van der Waals surface area contributed by atoms with Gasteiger partial charge < -0.3 is 14.7 Å². The molecule has 1 aliphatic heterocycles. The number of aromatic nitrogens is 2. The third-order valence-electron chi connectivity index (χ3n) is 4.41. The van der Waals surface area contributed by atoms with Crippen molar-refractivity contribution < 1.29 is 9.32 Å². The number of hydrogen-bond acceptors (Lipinski definition) is 5. The molecule has 0 unspecified atom stereocenters. The molecule has 128 valence electrons. The average molecular weight is 328 g/mol. The maximum absolute atomic E-state index is 12.9. The molecular weight excluding hydrogens is 304 g/mol. The van der Waals surface area contributed by atoms with Crippen molar-refractivity contribution in [2.24, 2.45) is 5.92 Å². The van der Waals surface area contributed by atoms with Crippen LogP contribution in [0.4, 0.5) is 0 Å². The Morgan fingerprint density at radius 2 is 2.21 bits per heavy atom. The number of benzene rings is 1. The van der Waals surface area contributed by atoms with E-state index in [4.69, 9.17) is 4.52 Å². The molecule has 1 aromatic carbocycles. The SMILES string of the molecule is CNC[C@@H]1CCN(C(=O)c2ccccc2-c2nc(C(C)C)no2)C1. The normalized spacial score (nSPS) is 17.7. The number of nitrogens with zero attached hydrogens (tertiary/aromatic N) is 3. The van der Waals surface area contributed by atoms with Gasteiger partial charge in [-0.3, -0.25) is 4.79 Å². The second-order valence-electron chi connectivity index (χ2n) is 6.62. The molecule has 0 bridgehead atoms. The summed E-state index contributed by atoms with van der Waals surface area (Å²) in [4.78, 5) is 19.3. The minimum atomic E-state index is 0.0356. The van der Waals surface area contributed by atoms with Crippen molar-refractivity contribution in [2.75, 3.05) is 26.7 Å². The van der Waals surface area contributed by atoms with Crippen LogP contribution in [0.15, 0.2) is 28.8 Å². The summed E-state index contributed by atoms with van der Waals surface area (Å²) in [6.07, 6.45) is 1.03. The van der Waals surface area contributed by atoms with E-state index in [0.717, 1.165) is 26.1 Å². The van der Waals surface area contributed by atoms with E-state index in [9.17, 15) is 4.79 Å². The molecule has 1 N–H and O–H groups in total. The molecule has 6 heteroatoms. The molecule has 0 radical (unpaired) electrons. The third-order valence-corrected chi connectivity index (χ3v) is 4.41. The Balaban J connectivity index is 1.85. The molecular formula is C18H24N4O2. The van der Waals surface area contributed by atoms with Crippen molar-refractivity contribution in [2.45, 2.75) is 26.2 Å². The van der Waals surface area contributed by atoms with E-state index in [1.807, 2.05) is 50.1 Å². The van der Waals surface area contributed by atoms with Crippen molar-refractivity contribution in [1.29, 1.82) is 0 Å². The van der Waals surface area contributed by atoms with Gasteiger partial charge in [0, 0.05) is 19.0 Å². The number of amides is 1. The topological polar surface area (TPSA) is 71.3 Å². The highest BCUT2D eigenvalue weighted by Crippen LogP contribution is 2.26. The van der Waals surface area contributed by atoms with E-state index in [1.54, 1.807) is 0 Å². The number of carbonyl (C=O) groups excluding carboxylic acids is 1. The van der Waals surface area contributed by atoms with Gasteiger partial charge in [-0.05, 0) is 38.1 Å². The maximum atomic E-state index is 12.9. The molecule has 3 rings (SSSR count). The summed E-state index contributed by atoms with van der Waals surface area (Å²) in [5, 5.41) is 7.20. The highest BCUT2D eigenvalue weighted by molar-refractivity contribution is 6.00. The first kappa shape index (κ1) is 16.6. The molecule has 6 nitrogen and oxygen atoms in total. The lowest BCUT2D eigenvalue weighted by atomic mass is 10.1. The van der Waals surface area contributed by atoms with Gasteiger partial charge in [0.15, 0.2) is 5.82 Å². The lowest BCUT2D eigenvalue weighted by Crippen LogP contribution is -2.30. The molecule has 2 aromatic rings. The lowest BCUT2D eigenvalue weighted by Gasteiger charge is -2.17. The highest BCUT2D eigenvalue weighted by Gasteiger charge is 2.28. The average Bonchev–Trinajstić information content (AvgIpc) is 3.24. The quantitative estimate of drug-likeness (QED) is 0.913. The summed E-state index contributed by atoms with van der Waals surface area (Å²) in [5.41, 5.74) is 1.33. The van der Waals surface area contributed by atoms with Gasteiger partial charge >= 0.3 is 0 Å². The van der Waals surface area contributed by atoms with E-state index < -0.39 is 0 Å². The fourth-order valence-electron chi connectivity index (χ4n) is 3.08. The molecule has 1 amide bonds. The van der Waals surface area contributed by atoms with E-state index in [-0.39, 0.29) is 11.8 Å². The Labute approximate surface area is 142 Å². The van der Waals surface area contributed by atoms with Crippen LogP contribution in [-0.2, 0) is 0 Å². The Morgan fingerprint density at radius 3 is 2.92 bits per heavy atom. The monoisotopic (exact) mass is 328 g/mol. The molecule has 0 saturated carbocycles. The molecule has 24 heavy (non-hydrogen) atoms. The van der Waals surface area contributed by atoms with Gasteiger partial charge in [-0.1, -0.05) is 31.1 Å². The first-order chi connectivity index (χ1) is 11.6. The predicted molar refractivity (Wildman–Crippen MR) is 91.8 cm³/mol. The zero-order chi connectivity index (χ0) is 17.1. The van der Waals surface area contributed by atoms with Crippen molar-refractivity contribution in [3.8, 4) is 11.5 Å². The van der Waals surface area contributed by atoms with Crippen LogP contribution in [0.3, 0.4) is 0 Å². The van der Waals surface area contributed by atoms with Crippen LogP contribution in [0.2, 0.25) is 0 Å². The van der Waals surface area contributed by atoms with Crippen LogP contribution >= 0.6 is 0 Å². The molecule has 0 spiro atoms. The number of rotatable bonds is 5. The fraction of sp³-hybridized carbons (Fsp3) is 0.500. The van der Waals surface area contributed by atoms with E-state index in [2.05, 4.69) is 15.5 Å². The lowest BCUT2D eigenvalue weighted by molar-refractivity contribution is 0.0787. The summed E-state index contributed by atoms with van der Waals surface area (Å²) < 4.78 is 5.38. The second-order valence-corrected chi connectivity index (χ2v) is 6.62. The first-order valence-corrected chi connectivity index (χ1v) is 8.47. The number of likely N-dealkylation sites (tertiary alicyclic amines) is 1. The molecule has 1 aromatic heterocycles. The molecule has 1 fully saturated rings. The minimum Gasteiger partial charge on any atom is -0.338 e. The van der Waals surface area contributed by atoms with Gasteiger partial charge in [-0.2, -0.15) is 4.98 Å². The first-order valence-electron chi connectivity index (χ1n) is 8.47. The minimum absolute atomic E-state index is 0.0356. The van der Waals surface area contributed by atoms with Gasteiger partial charge in [0.1, 0.15) is 0 Å². The van der Waals surface area contributed by atoms with Gasteiger partial charge in [-0.25, -0.2) is 0 Å². The van der Waals surface area contributed by atoms with Gasteiger partial charge in [0.2, 0.25) is 0 Å². The van der Waals surface area contributed by atoms with Crippen LogP contribution in [-0.4, -0.2) is 47.6 Å². The predicted octanol–water partition coefficient (Wildman–Crippen LogP) is 2.54. The van der Waals surface area contributed by atoms with Crippen LogP contribution in [0, 0.1) is 5.92 Å². The van der Waals surface area contributed by atoms with Crippen LogP contribution in [0.1, 0.15) is 42.4 Å². The molecule has 0 aliphatic carbocycles. The molecule has 1 atom stereocenters. The van der Waals surface area contributed by atoms with Crippen LogP contribution in [0.25, 0.3) is 11.5 Å². The zero-order valence-electron chi connectivity index (χ0n) is 14.5.